The highest BCUT2D eigenvalue weighted by molar-refractivity contribution is 8.01. The highest BCUT2D eigenvalue weighted by atomic mass is 32.2. The van der Waals surface area contributed by atoms with Crippen LogP contribution in [0.25, 0.3) is 0 Å². The number of rotatable bonds is 2. The number of ether oxygens (including phenoxy) is 1. The fraction of sp³-hybridized carbons (Fsp3) is 0.708. The fourth-order valence-corrected chi connectivity index (χ4v) is 6.95. The molecule has 152 valence electrons. The summed E-state index contributed by atoms with van der Waals surface area (Å²) in [7, 11) is 0. The van der Waals surface area contributed by atoms with Crippen molar-refractivity contribution in [1.82, 2.24) is 5.32 Å². The van der Waals surface area contributed by atoms with Crippen LogP contribution in [0.15, 0.2) is 40.1 Å². The largest absolute Gasteiger partial charge is 0.472 e. The van der Waals surface area contributed by atoms with Gasteiger partial charge in [-0.05, 0) is 68.0 Å². The minimum atomic E-state index is -2.21. The first kappa shape index (κ1) is 14.1. The Morgan fingerprint density at radius 1 is 1.43 bits per heavy atom. The van der Waals surface area contributed by atoms with Gasteiger partial charge in [0.2, 0.25) is 0 Å². The van der Waals surface area contributed by atoms with Crippen LogP contribution in [0, 0.1) is 17.3 Å². The molecule has 0 bridgehead atoms. The van der Waals surface area contributed by atoms with Gasteiger partial charge >= 0.3 is 0 Å². The second-order valence-electron chi connectivity index (χ2n) is 9.68. The summed E-state index contributed by atoms with van der Waals surface area (Å²) in [5.74, 6) is 1.40. The molecular weight excluding hydrogens is 364 g/mol. The Morgan fingerprint density at radius 3 is 3.14 bits per heavy atom. The highest BCUT2D eigenvalue weighted by Gasteiger charge is 2.46. The summed E-state index contributed by atoms with van der Waals surface area (Å²) >= 11 is 1.73. The van der Waals surface area contributed by atoms with Gasteiger partial charge in [0.05, 0.1) is 5.37 Å². The SMILES string of the molecule is [2H]C([2H])([2H])C1=NC2OC3=C([C@H]4CC=C5C[C@@H](C([2H])([2H])C(C)(C)C)SC5N4)CCC[C@H]3C2C=C1. The second-order valence-corrected chi connectivity index (χ2v) is 11.0. The first-order valence-corrected chi connectivity index (χ1v) is 11.6. The van der Waals surface area contributed by atoms with Crippen molar-refractivity contribution in [2.75, 3.05) is 0 Å². The lowest BCUT2D eigenvalue weighted by Gasteiger charge is -2.33. The van der Waals surface area contributed by atoms with Crippen LogP contribution in [0.4, 0.5) is 0 Å². The Kier molecular flexibility index (Phi) is 3.55. The molecule has 1 aliphatic carbocycles. The molecule has 0 aromatic rings. The van der Waals surface area contributed by atoms with Gasteiger partial charge in [-0.15, -0.1) is 11.8 Å². The van der Waals surface area contributed by atoms with Crippen LogP contribution in [0.5, 0.6) is 0 Å². The predicted molar refractivity (Wildman–Crippen MR) is 118 cm³/mol. The van der Waals surface area contributed by atoms with Crippen LogP contribution >= 0.6 is 11.8 Å². The summed E-state index contributed by atoms with van der Waals surface area (Å²) in [4.78, 5) is 4.46. The summed E-state index contributed by atoms with van der Waals surface area (Å²) in [6.07, 6.45) is 9.12. The number of thioether (sulfide) groups is 1. The molecule has 3 nitrogen and oxygen atoms in total. The van der Waals surface area contributed by atoms with Gasteiger partial charge in [0.1, 0.15) is 5.76 Å². The third-order valence-corrected chi connectivity index (χ3v) is 7.76. The van der Waals surface area contributed by atoms with E-state index >= 15 is 0 Å². The number of hydrogen-bond donors (Lipinski definition) is 1. The zero-order chi connectivity index (χ0) is 23.8. The summed E-state index contributed by atoms with van der Waals surface area (Å²) in [6, 6.07) is 0.179. The molecule has 0 aromatic carbocycles. The van der Waals surface area contributed by atoms with Gasteiger partial charge in [-0.2, -0.15) is 0 Å². The lowest BCUT2D eigenvalue weighted by atomic mass is 9.78. The van der Waals surface area contributed by atoms with Gasteiger partial charge in [0.25, 0.3) is 0 Å². The number of hydrogen-bond acceptors (Lipinski definition) is 4. The van der Waals surface area contributed by atoms with E-state index in [0.717, 1.165) is 37.9 Å². The van der Waals surface area contributed by atoms with Crippen molar-refractivity contribution in [2.45, 2.75) is 89.0 Å². The van der Waals surface area contributed by atoms with Gasteiger partial charge in [-0.1, -0.05) is 32.9 Å². The molecule has 2 saturated heterocycles. The lowest BCUT2D eigenvalue weighted by molar-refractivity contribution is 0.146. The van der Waals surface area contributed by atoms with E-state index in [-0.39, 0.29) is 34.2 Å². The number of allylic oxidation sites excluding steroid dienone is 2. The Labute approximate surface area is 181 Å². The van der Waals surface area contributed by atoms with E-state index in [1.165, 1.54) is 11.1 Å². The molecule has 4 heteroatoms. The maximum absolute atomic E-state index is 8.72. The molecule has 0 saturated carbocycles. The molecule has 4 aliphatic heterocycles. The normalized spacial score (nSPS) is 43.3. The molecule has 3 unspecified atom stereocenters. The first-order chi connectivity index (χ1) is 15.4. The molecule has 0 amide bonds. The summed E-state index contributed by atoms with van der Waals surface area (Å²) < 4.78 is 46.9. The molecule has 5 aliphatic rings. The average molecular weight is 404 g/mol. The zero-order valence-corrected chi connectivity index (χ0v) is 17.8. The number of nitrogens with one attached hydrogen (secondary N) is 1. The lowest BCUT2D eigenvalue weighted by Crippen LogP contribution is -2.41. The summed E-state index contributed by atoms with van der Waals surface area (Å²) in [5.41, 5.74) is 2.35. The standard InChI is InChI=1S/C24H34N2OS/c1-14-8-10-18-17-6-5-7-19(21(17)27-22(18)25-14)20-11-9-15-12-16(13-24(2,3)4)28-23(15)26-20/h8-10,16-18,20,22-23,26H,5-7,11-13H2,1-4H3/t16-,17-,18?,20+,22?,23?/m0/s1/i1D3,13D2. The van der Waals surface area contributed by atoms with Gasteiger partial charge < -0.3 is 4.74 Å². The van der Waals surface area contributed by atoms with E-state index < -0.39 is 24.9 Å². The molecule has 28 heavy (non-hydrogen) atoms. The van der Waals surface area contributed by atoms with Gasteiger partial charge in [0, 0.05) is 35.7 Å². The zero-order valence-electron chi connectivity index (χ0n) is 22.0. The second kappa shape index (κ2) is 7.05. The van der Waals surface area contributed by atoms with Crippen molar-refractivity contribution < 1.29 is 11.6 Å². The van der Waals surface area contributed by atoms with E-state index in [1.54, 1.807) is 17.8 Å². The van der Waals surface area contributed by atoms with Crippen LogP contribution < -0.4 is 5.32 Å². The maximum Gasteiger partial charge on any atom is 0.196 e. The number of aliphatic imine (C=N–C) groups is 1. The molecule has 0 radical (unpaired) electrons. The van der Waals surface area contributed by atoms with Crippen LogP contribution in [-0.4, -0.2) is 28.6 Å². The monoisotopic (exact) mass is 403 g/mol. The fourth-order valence-electron chi connectivity index (χ4n) is 5.30. The van der Waals surface area contributed by atoms with Crippen molar-refractivity contribution in [3.63, 3.8) is 0 Å². The summed E-state index contributed by atoms with van der Waals surface area (Å²) in [6.45, 7) is 3.75. The molecule has 6 atom stereocenters. The van der Waals surface area contributed by atoms with Crippen molar-refractivity contribution in [1.29, 1.82) is 0 Å². The van der Waals surface area contributed by atoms with Gasteiger partial charge in [-0.25, -0.2) is 4.99 Å². The molecule has 0 spiro atoms. The predicted octanol–water partition coefficient (Wildman–Crippen LogP) is 5.60. The van der Waals surface area contributed by atoms with Gasteiger partial charge in [0.15, 0.2) is 6.23 Å². The molecule has 1 N–H and O–H groups in total. The maximum atomic E-state index is 8.72. The quantitative estimate of drug-likeness (QED) is 0.609. The van der Waals surface area contributed by atoms with Crippen LogP contribution in [0.3, 0.4) is 0 Å². The minimum Gasteiger partial charge on any atom is -0.472 e. The van der Waals surface area contributed by atoms with E-state index in [0.29, 0.717) is 0 Å². The smallest absolute Gasteiger partial charge is 0.196 e. The molecule has 5 rings (SSSR count). The van der Waals surface area contributed by atoms with Crippen molar-refractivity contribution in [2.24, 2.45) is 22.2 Å². The average Bonchev–Trinajstić information content (AvgIpc) is 3.32. The Hall–Kier alpha value is -1.00. The Bertz CT molecular complexity index is 945. The van der Waals surface area contributed by atoms with Crippen molar-refractivity contribution in [3.8, 4) is 0 Å². The van der Waals surface area contributed by atoms with E-state index in [4.69, 9.17) is 11.6 Å². The third-order valence-electron chi connectivity index (χ3n) is 6.44. The number of nitrogens with zero attached hydrogens (tertiary/aromatic N) is 1. The molecule has 0 aromatic heterocycles. The van der Waals surface area contributed by atoms with Crippen molar-refractivity contribution >= 4 is 17.5 Å². The highest BCUT2D eigenvalue weighted by Crippen LogP contribution is 2.49. The third kappa shape index (κ3) is 3.52. The van der Waals surface area contributed by atoms with Crippen LogP contribution in [0.2, 0.25) is 0 Å². The topological polar surface area (TPSA) is 33.6 Å². The van der Waals surface area contributed by atoms with E-state index in [9.17, 15) is 0 Å². The van der Waals surface area contributed by atoms with E-state index in [2.05, 4.69) is 16.4 Å². The van der Waals surface area contributed by atoms with Gasteiger partial charge in [-0.3, -0.25) is 5.32 Å². The molecule has 2 fully saturated rings. The number of dihydropyridines is 1. The van der Waals surface area contributed by atoms with Crippen molar-refractivity contribution in [3.05, 3.63) is 35.1 Å². The van der Waals surface area contributed by atoms with Crippen LogP contribution in [-0.2, 0) is 4.74 Å². The Morgan fingerprint density at radius 2 is 2.32 bits per heavy atom. The first-order valence-electron chi connectivity index (χ1n) is 13.1. The minimum absolute atomic E-state index is 0.0554. The van der Waals surface area contributed by atoms with E-state index in [1.807, 2.05) is 26.8 Å². The Balaban J connectivity index is 1.35. The molecule has 4 heterocycles. The summed E-state index contributed by atoms with van der Waals surface area (Å²) in [5, 5.41) is 3.90. The number of fused-ring (bicyclic) bond motifs is 4. The van der Waals surface area contributed by atoms with Crippen LogP contribution in [0.1, 0.15) is 73.0 Å². The molecular formula is C24H34N2OS.